The number of sulfone groups is 1. The lowest BCUT2D eigenvalue weighted by molar-refractivity contribution is 0.211. The largest absolute Gasteiger partial charge is 0.482 e. The second-order valence-electron chi connectivity index (χ2n) is 4.60. The molecule has 0 aliphatic carbocycles. The first kappa shape index (κ1) is 13.7. The third-order valence-corrected chi connectivity index (χ3v) is 5.31. The van der Waals surface area contributed by atoms with Crippen molar-refractivity contribution in [1.82, 2.24) is 0 Å². The highest BCUT2D eigenvalue weighted by Gasteiger charge is 2.23. The third-order valence-electron chi connectivity index (χ3n) is 3.09. The number of benzene rings is 1. The van der Waals surface area contributed by atoms with Crippen molar-refractivity contribution in [3.8, 4) is 5.75 Å². The molecule has 20 heavy (non-hydrogen) atoms. The van der Waals surface area contributed by atoms with Gasteiger partial charge in [-0.3, -0.25) is 0 Å². The van der Waals surface area contributed by atoms with Crippen LogP contribution in [0.5, 0.6) is 5.75 Å². The van der Waals surface area contributed by atoms with Crippen LogP contribution in [0.2, 0.25) is 4.34 Å². The van der Waals surface area contributed by atoms with Crippen LogP contribution >= 0.6 is 22.9 Å². The molecule has 0 saturated heterocycles. The Labute approximate surface area is 126 Å². The maximum atomic E-state index is 11.5. The molecule has 0 bridgehead atoms. The van der Waals surface area contributed by atoms with E-state index in [0.29, 0.717) is 18.0 Å². The lowest BCUT2D eigenvalue weighted by atomic mass is 10.1. The molecule has 1 aromatic heterocycles. The average Bonchev–Trinajstić information content (AvgIpc) is 2.83. The fourth-order valence-electron chi connectivity index (χ4n) is 2.06. The number of nitrogens with one attached hydrogen (secondary N) is 1. The summed E-state index contributed by atoms with van der Waals surface area (Å²) in [6, 6.07) is 6.72. The predicted octanol–water partition coefficient (Wildman–Crippen LogP) is 3.35. The predicted molar refractivity (Wildman–Crippen MR) is 80.7 cm³/mol. The Kier molecular flexibility index (Phi) is 3.40. The summed E-state index contributed by atoms with van der Waals surface area (Å²) in [6.45, 7) is 0.577. The molecule has 0 saturated carbocycles. The Morgan fingerprint density at radius 3 is 2.85 bits per heavy atom. The summed E-state index contributed by atoms with van der Waals surface area (Å²) >= 11 is 7.39. The van der Waals surface area contributed by atoms with E-state index in [-0.39, 0.29) is 11.0 Å². The van der Waals surface area contributed by atoms with Crippen LogP contribution in [0.15, 0.2) is 34.5 Å². The molecule has 3 rings (SSSR count). The van der Waals surface area contributed by atoms with E-state index in [9.17, 15) is 8.42 Å². The molecule has 1 aliphatic heterocycles. The van der Waals surface area contributed by atoms with Crippen LogP contribution in [-0.4, -0.2) is 21.2 Å². The summed E-state index contributed by atoms with van der Waals surface area (Å²) in [5, 5.41) is 5.17. The minimum atomic E-state index is -3.21. The highest BCUT2D eigenvalue weighted by molar-refractivity contribution is 7.90. The van der Waals surface area contributed by atoms with Crippen molar-refractivity contribution in [2.24, 2.45) is 0 Å². The Balaban J connectivity index is 1.89. The van der Waals surface area contributed by atoms with Gasteiger partial charge in [0, 0.05) is 11.8 Å². The minimum Gasteiger partial charge on any atom is -0.482 e. The number of anilines is 1. The monoisotopic (exact) mass is 329 g/mol. The van der Waals surface area contributed by atoms with E-state index in [4.69, 9.17) is 16.3 Å². The summed E-state index contributed by atoms with van der Waals surface area (Å²) in [5.74, 6) is 0.649. The van der Waals surface area contributed by atoms with E-state index in [1.807, 2.05) is 11.4 Å². The molecule has 0 radical (unpaired) electrons. The topological polar surface area (TPSA) is 55.4 Å². The van der Waals surface area contributed by atoms with E-state index >= 15 is 0 Å². The van der Waals surface area contributed by atoms with Gasteiger partial charge in [0.1, 0.15) is 11.9 Å². The number of rotatable bonds is 2. The van der Waals surface area contributed by atoms with Gasteiger partial charge in [0.05, 0.1) is 21.5 Å². The average molecular weight is 330 g/mol. The smallest absolute Gasteiger partial charge is 0.175 e. The Morgan fingerprint density at radius 2 is 2.20 bits per heavy atom. The van der Waals surface area contributed by atoms with Crippen LogP contribution < -0.4 is 10.1 Å². The highest BCUT2D eigenvalue weighted by Crippen LogP contribution is 2.37. The van der Waals surface area contributed by atoms with E-state index in [2.05, 4.69) is 5.32 Å². The van der Waals surface area contributed by atoms with Gasteiger partial charge in [0.15, 0.2) is 9.84 Å². The van der Waals surface area contributed by atoms with Crippen molar-refractivity contribution in [2.45, 2.75) is 11.0 Å². The molecule has 0 fully saturated rings. The third kappa shape index (κ3) is 2.63. The molecule has 106 valence electrons. The molecule has 2 heterocycles. The Bertz CT molecular complexity index is 755. The Morgan fingerprint density at radius 1 is 1.40 bits per heavy atom. The first-order valence-corrected chi connectivity index (χ1v) is 9.07. The van der Waals surface area contributed by atoms with Gasteiger partial charge >= 0.3 is 0 Å². The summed E-state index contributed by atoms with van der Waals surface area (Å²) in [7, 11) is -3.21. The van der Waals surface area contributed by atoms with Gasteiger partial charge < -0.3 is 10.1 Å². The normalized spacial score (nSPS) is 18.0. The van der Waals surface area contributed by atoms with Crippen molar-refractivity contribution >= 4 is 38.5 Å². The number of fused-ring (bicyclic) bond motifs is 1. The number of ether oxygens (including phenoxy) is 1. The fourth-order valence-corrected chi connectivity index (χ4v) is 3.64. The van der Waals surface area contributed by atoms with Gasteiger partial charge in [-0.05, 0) is 29.6 Å². The molecule has 2 aromatic rings. The van der Waals surface area contributed by atoms with Crippen LogP contribution in [0.25, 0.3) is 0 Å². The van der Waals surface area contributed by atoms with E-state index < -0.39 is 9.84 Å². The molecule has 7 heteroatoms. The number of hydrogen-bond donors (Lipinski definition) is 1. The zero-order valence-electron chi connectivity index (χ0n) is 10.6. The van der Waals surface area contributed by atoms with Gasteiger partial charge in [0.2, 0.25) is 0 Å². The lowest BCUT2D eigenvalue weighted by Crippen LogP contribution is -2.23. The van der Waals surface area contributed by atoms with Crippen molar-refractivity contribution in [1.29, 1.82) is 0 Å². The molecule has 1 unspecified atom stereocenters. The lowest BCUT2D eigenvalue weighted by Gasteiger charge is -2.27. The summed E-state index contributed by atoms with van der Waals surface area (Å²) in [4.78, 5) is 0.282. The Hall–Kier alpha value is -1.24. The number of hydrogen-bond acceptors (Lipinski definition) is 5. The molecule has 1 atom stereocenters. The molecule has 1 aliphatic rings. The molecule has 1 aromatic carbocycles. The van der Waals surface area contributed by atoms with Crippen molar-refractivity contribution in [3.05, 3.63) is 39.5 Å². The summed E-state index contributed by atoms with van der Waals surface area (Å²) < 4.78 is 29.7. The van der Waals surface area contributed by atoms with Crippen molar-refractivity contribution in [2.75, 3.05) is 18.1 Å². The molecular weight excluding hydrogens is 318 g/mol. The standard InChI is InChI=1S/C13H12ClNO3S2/c1-20(16,17)9-2-3-11-10(5-9)15-6-12(18-11)8-4-13(14)19-7-8/h2-5,7,12,15H,6H2,1H3. The number of halogens is 1. The first-order valence-electron chi connectivity index (χ1n) is 5.92. The number of thiophene rings is 1. The van der Waals surface area contributed by atoms with Gasteiger partial charge in [-0.15, -0.1) is 11.3 Å². The van der Waals surface area contributed by atoms with Gasteiger partial charge in [-0.2, -0.15) is 0 Å². The highest BCUT2D eigenvalue weighted by atomic mass is 35.5. The van der Waals surface area contributed by atoms with E-state index in [1.165, 1.54) is 17.6 Å². The van der Waals surface area contributed by atoms with Crippen molar-refractivity contribution < 1.29 is 13.2 Å². The van der Waals surface area contributed by atoms with Crippen LogP contribution in [0.3, 0.4) is 0 Å². The molecule has 0 amide bonds. The second kappa shape index (κ2) is 4.95. The fraction of sp³-hybridized carbons (Fsp3) is 0.231. The maximum absolute atomic E-state index is 11.5. The van der Waals surface area contributed by atoms with Gasteiger partial charge in [-0.25, -0.2) is 8.42 Å². The first-order chi connectivity index (χ1) is 9.43. The van der Waals surface area contributed by atoms with Crippen LogP contribution in [0.4, 0.5) is 5.69 Å². The quantitative estimate of drug-likeness (QED) is 0.918. The molecule has 4 nitrogen and oxygen atoms in total. The van der Waals surface area contributed by atoms with Crippen LogP contribution in [0, 0.1) is 0 Å². The molecule has 0 spiro atoms. The van der Waals surface area contributed by atoms with Crippen molar-refractivity contribution in [3.63, 3.8) is 0 Å². The summed E-state index contributed by atoms with van der Waals surface area (Å²) in [5.41, 5.74) is 1.72. The minimum absolute atomic E-state index is 0.115. The molecule has 1 N–H and O–H groups in total. The SMILES string of the molecule is CS(=O)(=O)c1ccc2c(c1)NCC(c1csc(Cl)c1)O2. The van der Waals surface area contributed by atoms with Gasteiger partial charge in [0.25, 0.3) is 0 Å². The van der Waals surface area contributed by atoms with Crippen LogP contribution in [0.1, 0.15) is 11.7 Å². The van der Waals surface area contributed by atoms with Gasteiger partial charge in [-0.1, -0.05) is 11.6 Å². The van der Waals surface area contributed by atoms with E-state index in [1.54, 1.807) is 18.2 Å². The maximum Gasteiger partial charge on any atom is 0.175 e. The van der Waals surface area contributed by atoms with Crippen LogP contribution in [-0.2, 0) is 9.84 Å². The van der Waals surface area contributed by atoms with E-state index in [0.717, 1.165) is 9.90 Å². The second-order valence-corrected chi connectivity index (χ2v) is 8.16. The summed E-state index contributed by atoms with van der Waals surface area (Å²) in [6.07, 6.45) is 1.07. The zero-order chi connectivity index (χ0) is 14.3. The molecular formula is C13H12ClNO3S2. The zero-order valence-corrected chi connectivity index (χ0v) is 13.0.